The molecule has 2 aliphatic carbocycles. The molecule has 3 aromatic rings. The maximum absolute atomic E-state index is 12.4. The normalized spacial score (nSPS) is 26.3. The van der Waals surface area contributed by atoms with Gasteiger partial charge < -0.3 is 0 Å². The maximum Gasteiger partial charge on any atom is 0.276 e. The van der Waals surface area contributed by atoms with Crippen LogP contribution in [0.2, 0.25) is 0 Å². The second kappa shape index (κ2) is 6.34. The van der Waals surface area contributed by atoms with E-state index in [0.29, 0.717) is 24.1 Å². The lowest BCUT2D eigenvalue weighted by molar-refractivity contribution is -0.128. The molecule has 0 radical (unpaired) electrons. The van der Waals surface area contributed by atoms with E-state index in [9.17, 15) is 4.79 Å². The molecule has 1 aromatic carbocycles. The van der Waals surface area contributed by atoms with E-state index >= 15 is 0 Å². The standard InChI is InChI=1S/C22H26N6O/c1-13-7-5-6-8-15(13)20-23-19-17(28(20)21-24-26-27(4)25-21)10-9-16-14(2)18(29)11-12-22(16,19)3/h5-8,14,16H,9-12H2,1-4H3/t14-,16-,22-/m0/s1. The van der Waals surface area contributed by atoms with Crippen molar-refractivity contribution in [2.45, 2.75) is 51.9 Å². The first-order valence-electron chi connectivity index (χ1n) is 10.4. The quantitative estimate of drug-likeness (QED) is 0.671. The number of carbonyl (C=O) groups is 1. The van der Waals surface area contributed by atoms with Gasteiger partial charge in [0.05, 0.1) is 12.7 Å². The van der Waals surface area contributed by atoms with E-state index < -0.39 is 0 Å². The fourth-order valence-electron chi connectivity index (χ4n) is 5.45. The van der Waals surface area contributed by atoms with Gasteiger partial charge in [-0.1, -0.05) is 43.2 Å². The Balaban J connectivity index is 1.76. The van der Waals surface area contributed by atoms with Crippen molar-refractivity contribution in [3.63, 3.8) is 0 Å². The number of aromatic nitrogens is 6. The number of rotatable bonds is 2. The summed E-state index contributed by atoms with van der Waals surface area (Å²) in [7, 11) is 1.78. The number of tetrazole rings is 1. The lowest BCUT2D eigenvalue weighted by Crippen LogP contribution is -2.47. The van der Waals surface area contributed by atoms with Crippen LogP contribution in [0.1, 0.15) is 50.1 Å². The number of ketones is 1. The predicted molar refractivity (Wildman–Crippen MR) is 109 cm³/mol. The van der Waals surface area contributed by atoms with Gasteiger partial charge >= 0.3 is 0 Å². The summed E-state index contributed by atoms with van der Waals surface area (Å²) in [5.74, 6) is 2.24. The Morgan fingerprint density at radius 2 is 2.00 bits per heavy atom. The highest BCUT2D eigenvalue weighted by molar-refractivity contribution is 5.82. The van der Waals surface area contributed by atoms with E-state index in [0.717, 1.165) is 47.6 Å². The molecular formula is C22H26N6O. The van der Waals surface area contributed by atoms with Crippen LogP contribution in [0.25, 0.3) is 17.3 Å². The summed E-state index contributed by atoms with van der Waals surface area (Å²) in [6.07, 6.45) is 3.33. The third-order valence-corrected chi connectivity index (χ3v) is 7.11. The third kappa shape index (κ3) is 2.59. The Morgan fingerprint density at radius 1 is 1.21 bits per heavy atom. The van der Waals surface area contributed by atoms with Gasteiger partial charge in [-0.05, 0) is 42.9 Å². The van der Waals surface area contributed by atoms with Gasteiger partial charge in [0.15, 0.2) is 0 Å². The van der Waals surface area contributed by atoms with Crippen molar-refractivity contribution in [2.24, 2.45) is 18.9 Å². The smallest absolute Gasteiger partial charge is 0.276 e. The molecule has 0 bridgehead atoms. The summed E-state index contributed by atoms with van der Waals surface area (Å²) in [4.78, 5) is 19.1. The monoisotopic (exact) mass is 390 g/mol. The van der Waals surface area contributed by atoms with Gasteiger partial charge in [0, 0.05) is 29.0 Å². The van der Waals surface area contributed by atoms with Gasteiger partial charge in [-0.25, -0.2) is 4.98 Å². The number of carbonyl (C=O) groups excluding carboxylic acids is 1. The number of fused-ring (bicyclic) bond motifs is 3. The Morgan fingerprint density at radius 3 is 2.72 bits per heavy atom. The highest BCUT2D eigenvalue weighted by atomic mass is 16.1. The van der Waals surface area contributed by atoms with E-state index in [1.165, 1.54) is 4.80 Å². The van der Waals surface area contributed by atoms with Crippen LogP contribution in [-0.4, -0.2) is 35.5 Å². The van der Waals surface area contributed by atoms with Crippen molar-refractivity contribution < 1.29 is 4.79 Å². The molecule has 2 aromatic heterocycles. The number of imidazole rings is 1. The molecule has 0 saturated heterocycles. The number of nitrogens with zero attached hydrogens (tertiary/aromatic N) is 6. The highest BCUT2D eigenvalue weighted by Crippen LogP contribution is 2.51. The van der Waals surface area contributed by atoms with Gasteiger partial charge in [0.1, 0.15) is 11.6 Å². The molecule has 7 heteroatoms. The molecule has 0 unspecified atom stereocenters. The summed E-state index contributed by atoms with van der Waals surface area (Å²) >= 11 is 0. The van der Waals surface area contributed by atoms with Crippen LogP contribution in [0.15, 0.2) is 24.3 Å². The molecule has 150 valence electrons. The summed E-state index contributed by atoms with van der Waals surface area (Å²) in [5, 5.41) is 12.9. The Labute approximate surface area is 170 Å². The minimum Gasteiger partial charge on any atom is -0.299 e. The zero-order chi connectivity index (χ0) is 20.3. The summed E-state index contributed by atoms with van der Waals surface area (Å²) in [5.41, 5.74) is 4.41. The molecule has 0 aliphatic heterocycles. The summed E-state index contributed by atoms with van der Waals surface area (Å²) in [6, 6.07) is 8.28. The Hall–Kier alpha value is -2.83. The first-order valence-corrected chi connectivity index (χ1v) is 10.4. The van der Waals surface area contributed by atoms with Crippen molar-refractivity contribution in [1.29, 1.82) is 0 Å². The van der Waals surface area contributed by atoms with Crippen LogP contribution in [0.5, 0.6) is 0 Å². The predicted octanol–water partition coefficient (Wildman–Crippen LogP) is 3.19. The molecule has 2 aliphatic rings. The minimum absolute atomic E-state index is 0.0867. The molecule has 0 spiro atoms. The zero-order valence-electron chi connectivity index (χ0n) is 17.4. The van der Waals surface area contributed by atoms with Crippen LogP contribution in [0.3, 0.4) is 0 Å². The highest BCUT2D eigenvalue weighted by Gasteiger charge is 2.50. The summed E-state index contributed by atoms with van der Waals surface area (Å²) < 4.78 is 2.09. The van der Waals surface area contributed by atoms with Crippen molar-refractivity contribution in [2.75, 3.05) is 0 Å². The van der Waals surface area contributed by atoms with E-state index in [-0.39, 0.29) is 11.3 Å². The maximum atomic E-state index is 12.4. The van der Waals surface area contributed by atoms with Crippen LogP contribution < -0.4 is 0 Å². The second-order valence-corrected chi connectivity index (χ2v) is 8.78. The zero-order valence-corrected chi connectivity index (χ0v) is 17.4. The average molecular weight is 390 g/mol. The van der Waals surface area contributed by atoms with E-state index in [1.54, 1.807) is 7.05 Å². The molecule has 1 fully saturated rings. The molecule has 29 heavy (non-hydrogen) atoms. The second-order valence-electron chi connectivity index (χ2n) is 8.78. The molecule has 1 saturated carbocycles. The lowest BCUT2D eigenvalue weighted by Gasteiger charge is -2.46. The summed E-state index contributed by atoms with van der Waals surface area (Å²) in [6.45, 7) is 6.49. The molecule has 5 rings (SSSR count). The van der Waals surface area contributed by atoms with Crippen LogP contribution in [0.4, 0.5) is 0 Å². The first-order chi connectivity index (χ1) is 13.9. The van der Waals surface area contributed by atoms with Crippen LogP contribution in [-0.2, 0) is 23.7 Å². The number of aryl methyl sites for hydroxylation is 2. The van der Waals surface area contributed by atoms with Gasteiger partial charge in [0.25, 0.3) is 5.95 Å². The molecule has 0 N–H and O–H groups in total. The van der Waals surface area contributed by atoms with E-state index in [1.807, 2.05) is 12.1 Å². The fraction of sp³-hybridized carbons (Fsp3) is 0.500. The van der Waals surface area contributed by atoms with Gasteiger partial charge in [-0.2, -0.15) is 4.80 Å². The van der Waals surface area contributed by atoms with Crippen LogP contribution in [0, 0.1) is 18.8 Å². The lowest BCUT2D eigenvalue weighted by atomic mass is 9.57. The number of benzene rings is 1. The minimum atomic E-state index is -0.105. The Kier molecular flexibility index (Phi) is 3.98. The molecular weight excluding hydrogens is 364 g/mol. The van der Waals surface area contributed by atoms with Crippen LogP contribution >= 0.6 is 0 Å². The molecule has 3 atom stereocenters. The van der Waals surface area contributed by atoms with Crippen molar-refractivity contribution in [3.8, 4) is 17.3 Å². The molecule has 7 nitrogen and oxygen atoms in total. The van der Waals surface area contributed by atoms with Gasteiger partial charge in [-0.15, -0.1) is 5.10 Å². The molecule has 2 heterocycles. The average Bonchev–Trinajstić information content (AvgIpc) is 3.29. The molecule has 0 amide bonds. The number of hydrogen-bond acceptors (Lipinski definition) is 5. The van der Waals surface area contributed by atoms with E-state index in [2.05, 4.69) is 52.9 Å². The third-order valence-electron chi connectivity index (χ3n) is 7.11. The fourth-order valence-corrected chi connectivity index (χ4v) is 5.45. The topological polar surface area (TPSA) is 78.5 Å². The Bertz CT molecular complexity index is 1110. The van der Waals surface area contributed by atoms with Gasteiger partial charge in [0.2, 0.25) is 0 Å². The largest absolute Gasteiger partial charge is 0.299 e. The van der Waals surface area contributed by atoms with E-state index in [4.69, 9.17) is 4.98 Å². The van der Waals surface area contributed by atoms with Crippen molar-refractivity contribution in [3.05, 3.63) is 41.2 Å². The number of hydrogen-bond donors (Lipinski definition) is 0. The van der Waals surface area contributed by atoms with Crippen molar-refractivity contribution in [1.82, 2.24) is 29.8 Å². The number of Topliss-reactive ketones (excluding diaryl/α,β-unsaturated/α-hetero) is 1. The first kappa shape index (κ1) is 18.2. The SMILES string of the molecule is Cc1ccccc1-c1nc2c(n1-c1nnn(C)n1)CC[C@H]1[C@H](C)C(=O)CC[C@]21C. The van der Waals surface area contributed by atoms with Crippen molar-refractivity contribution >= 4 is 5.78 Å². The van der Waals surface area contributed by atoms with Gasteiger partial charge in [-0.3, -0.25) is 9.36 Å².